The van der Waals surface area contributed by atoms with E-state index in [0.717, 1.165) is 16.7 Å². The van der Waals surface area contributed by atoms with E-state index >= 15 is 0 Å². The molecule has 266 valence electrons. The first-order valence-electron chi connectivity index (χ1n) is 16.0. The molecule has 0 unspecified atom stereocenters. The van der Waals surface area contributed by atoms with Crippen LogP contribution < -0.4 is 16.1 Å². The third kappa shape index (κ3) is 8.07. The first kappa shape index (κ1) is 36.3. The maximum Gasteiger partial charge on any atom is 0.434 e. The van der Waals surface area contributed by atoms with Crippen LogP contribution in [0.2, 0.25) is 0 Å². The minimum atomic E-state index is -4.68. The van der Waals surface area contributed by atoms with E-state index in [-0.39, 0.29) is 46.5 Å². The number of amides is 3. The van der Waals surface area contributed by atoms with E-state index in [0.29, 0.717) is 42.6 Å². The van der Waals surface area contributed by atoms with Crippen LogP contribution in [0.3, 0.4) is 0 Å². The number of halogens is 3. The van der Waals surface area contributed by atoms with Crippen molar-refractivity contribution in [3.63, 3.8) is 0 Å². The number of thiazole rings is 1. The van der Waals surface area contributed by atoms with Gasteiger partial charge in [-0.2, -0.15) is 13.2 Å². The smallest absolute Gasteiger partial charge is 0.434 e. The van der Waals surface area contributed by atoms with Gasteiger partial charge in [-0.25, -0.2) is 24.4 Å². The summed E-state index contributed by atoms with van der Waals surface area (Å²) in [6.45, 7) is 9.79. The summed E-state index contributed by atoms with van der Waals surface area (Å²) >= 11 is 0.765. The van der Waals surface area contributed by atoms with E-state index in [1.165, 1.54) is 18.5 Å². The van der Waals surface area contributed by atoms with E-state index < -0.39 is 41.0 Å². The first-order chi connectivity index (χ1) is 23.6. The standard InChI is InChI=1S/C34H37F3N6O6S/c1-6-38-31(46)41-27-14-21(29-40-26(18-50-29)34(35,36)37)23(15-39-27)19-10-11-25-22(13-19)28(44)24(30(45)48-7-2)17-43(25)20-9-8-12-42(16-20)32(47)49-33(3,4)5/h10-11,13-15,17-18,20H,6-9,12,16H2,1-5H3,(H2,38,39,41,46)/t20-/m1/s1. The van der Waals surface area contributed by atoms with Crippen molar-refractivity contribution in [1.29, 1.82) is 0 Å². The minimum Gasteiger partial charge on any atom is -0.462 e. The van der Waals surface area contributed by atoms with Crippen molar-refractivity contribution in [3.05, 3.63) is 63.5 Å². The molecule has 0 spiro atoms. The second-order valence-corrected chi connectivity index (χ2v) is 13.4. The lowest BCUT2D eigenvalue weighted by atomic mass is 9.98. The normalized spacial score (nSPS) is 15.1. The number of rotatable bonds is 7. The monoisotopic (exact) mass is 714 g/mol. The van der Waals surface area contributed by atoms with Crippen LogP contribution in [-0.4, -0.2) is 69.4 Å². The number of hydrogen-bond donors (Lipinski definition) is 2. The Morgan fingerprint density at radius 2 is 1.86 bits per heavy atom. The van der Waals surface area contributed by atoms with Crippen molar-refractivity contribution in [2.24, 2.45) is 0 Å². The van der Waals surface area contributed by atoms with Crippen LogP contribution in [0.4, 0.5) is 28.6 Å². The van der Waals surface area contributed by atoms with E-state index in [4.69, 9.17) is 9.47 Å². The maximum atomic E-state index is 13.9. The molecule has 1 aliphatic heterocycles. The highest BCUT2D eigenvalue weighted by molar-refractivity contribution is 7.13. The molecule has 1 aromatic carbocycles. The molecule has 1 atom stereocenters. The molecular formula is C34H37F3N6O6S. The number of carbonyl (C=O) groups excluding carboxylic acids is 3. The Labute approximate surface area is 289 Å². The quantitative estimate of drug-likeness (QED) is 0.193. The Balaban J connectivity index is 1.65. The van der Waals surface area contributed by atoms with Gasteiger partial charge in [-0.1, -0.05) is 6.07 Å². The number of piperidine rings is 1. The highest BCUT2D eigenvalue weighted by Crippen LogP contribution is 2.39. The summed E-state index contributed by atoms with van der Waals surface area (Å²) in [7, 11) is 0. The summed E-state index contributed by atoms with van der Waals surface area (Å²) < 4.78 is 53.2. The third-order valence-electron chi connectivity index (χ3n) is 7.79. The van der Waals surface area contributed by atoms with Crippen LogP contribution >= 0.6 is 11.3 Å². The van der Waals surface area contributed by atoms with Crippen LogP contribution in [0.15, 0.2) is 46.8 Å². The molecule has 2 N–H and O–H groups in total. The van der Waals surface area contributed by atoms with Gasteiger partial charge >= 0.3 is 24.3 Å². The van der Waals surface area contributed by atoms with Crippen molar-refractivity contribution >= 4 is 46.2 Å². The zero-order valence-electron chi connectivity index (χ0n) is 28.1. The number of ether oxygens (including phenoxy) is 2. The van der Waals surface area contributed by atoms with E-state index in [1.54, 1.807) is 62.3 Å². The summed E-state index contributed by atoms with van der Waals surface area (Å²) in [5, 5.41) is 6.18. The third-order valence-corrected chi connectivity index (χ3v) is 8.66. The number of hydrogen-bond acceptors (Lipinski definition) is 9. The van der Waals surface area contributed by atoms with Gasteiger partial charge in [0.1, 0.15) is 22.0 Å². The van der Waals surface area contributed by atoms with Crippen LogP contribution in [0, 0.1) is 0 Å². The SMILES string of the molecule is CCNC(=O)Nc1cc(-c2nc(C(F)(F)F)cs2)c(-c2ccc3c(c2)c(=O)c(C(=O)OCC)cn3[C@@H]2CCCN(C(=O)OC(C)(C)C)C2)cn1. The fourth-order valence-electron chi connectivity index (χ4n) is 5.63. The van der Waals surface area contributed by atoms with Crippen LogP contribution in [-0.2, 0) is 15.7 Å². The molecule has 4 aromatic rings. The van der Waals surface area contributed by atoms with Gasteiger partial charge in [0, 0.05) is 53.9 Å². The zero-order valence-corrected chi connectivity index (χ0v) is 29.0. The summed E-state index contributed by atoms with van der Waals surface area (Å²) in [5.74, 6) is -0.748. The number of pyridine rings is 2. The number of nitrogens with zero attached hydrogens (tertiary/aromatic N) is 4. The predicted octanol–water partition coefficient (Wildman–Crippen LogP) is 7.10. The Morgan fingerprint density at radius 1 is 1.10 bits per heavy atom. The molecule has 4 heterocycles. The second kappa shape index (κ2) is 14.5. The van der Waals surface area contributed by atoms with Gasteiger partial charge in [-0.05, 0) is 71.2 Å². The lowest BCUT2D eigenvalue weighted by molar-refractivity contribution is -0.140. The van der Waals surface area contributed by atoms with E-state index in [1.807, 2.05) is 0 Å². The molecule has 12 nitrogen and oxygen atoms in total. The summed E-state index contributed by atoms with van der Waals surface area (Å²) in [6, 6.07) is 5.44. The zero-order chi connectivity index (χ0) is 36.4. The van der Waals surface area contributed by atoms with Crippen molar-refractivity contribution in [2.45, 2.75) is 65.3 Å². The van der Waals surface area contributed by atoms with Crippen molar-refractivity contribution in [1.82, 2.24) is 24.8 Å². The number of alkyl halides is 3. The highest BCUT2D eigenvalue weighted by Gasteiger charge is 2.34. The Kier molecular flexibility index (Phi) is 10.5. The highest BCUT2D eigenvalue weighted by atomic mass is 32.1. The average Bonchev–Trinajstić information content (AvgIpc) is 3.56. The van der Waals surface area contributed by atoms with E-state index in [2.05, 4.69) is 20.6 Å². The lowest BCUT2D eigenvalue weighted by Crippen LogP contribution is -2.43. The molecule has 1 fully saturated rings. The molecule has 0 aliphatic carbocycles. The Bertz CT molecular complexity index is 1990. The van der Waals surface area contributed by atoms with E-state index in [9.17, 15) is 32.3 Å². The molecular weight excluding hydrogens is 677 g/mol. The molecule has 0 bridgehead atoms. The molecule has 50 heavy (non-hydrogen) atoms. The number of likely N-dealkylation sites (tertiary alicyclic amines) is 1. The largest absolute Gasteiger partial charge is 0.462 e. The number of nitrogens with one attached hydrogen (secondary N) is 2. The molecule has 1 saturated heterocycles. The Morgan fingerprint density at radius 3 is 2.52 bits per heavy atom. The average molecular weight is 715 g/mol. The molecule has 5 rings (SSSR count). The molecule has 16 heteroatoms. The summed E-state index contributed by atoms with van der Waals surface area (Å²) in [6.07, 6.45) is -1.04. The van der Waals surface area contributed by atoms with Crippen molar-refractivity contribution in [2.75, 3.05) is 31.6 Å². The van der Waals surface area contributed by atoms with Gasteiger partial charge in [0.2, 0.25) is 5.43 Å². The first-order valence-corrected chi connectivity index (χ1v) is 16.9. The van der Waals surface area contributed by atoms with Crippen LogP contribution in [0.5, 0.6) is 0 Å². The number of anilines is 1. The summed E-state index contributed by atoms with van der Waals surface area (Å²) in [4.78, 5) is 61.9. The Hall–Kier alpha value is -4.99. The second-order valence-electron chi connectivity index (χ2n) is 12.6. The molecule has 3 amide bonds. The molecule has 0 saturated carbocycles. The number of urea groups is 1. The van der Waals surface area contributed by atoms with Gasteiger partial charge in [0.25, 0.3) is 0 Å². The van der Waals surface area contributed by atoms with Crippen molar-refractivity contribution in [3.8, 4) is 21.7 Å². The van der Waals surface area contributed by atoms with Crippen LogP contribution in [0.25, 0.3) is 32.6 Å². The minimum absolute atomic E-state index is 0.0101. The summed E-state index contributed by atoms with van der Waals surface area (Å²) in [5.41, 5.74) is -1.15. The fourth-order valence-corrected chi connectivity index (χ4v) is 6.49. The molecule has 3 aromatic heterocycles. The van der Waals surface area contributed by atoms with Gasteiger partial charge in [-0.15, -0.1) is 11.3 Å². The fraction of sp³-hybridized carbons (Fsp3) is 0.412. The number of carbonyl (C=O) groups is 3. The predicted molar refractivity (Wildman–Crippen MR) is 182 cm³/mol. The number of benzene rings is 1. The van der Waals surface area contributed by atoms with Gasteiger partial charge in [0.15, 0.2) is 5.69 Å². The van der Waals surface area contributed by atoms with Gasteiger partial charge in [0.05, 0.1) is 18.2 Å². The topological polar surface area (TPSA) is 145 Å². The van der Waals surface area contributed by atoms with Crippen molar-refractivity contribution < 1.29 is 37.0 Å². The number of aromatic nitrogens is 3. The van der Waals surface area contributed by atoms with Crippen LogP contribution in [0.1, 0.15) is 69.6 Å². The van der Waals surface area contributed by atoms with Gasteiger partial charge < -0.3 is 24.3 Å². The number of esters is 1. The number of fused-ring (bicyclic) bond motifs is 1. The molecule has 0 radical (unpaired) electrons. The molecule has 1 aliphatic rings. The maximum absolute atomic E-state index is 13.9. The lowest BCUT2D eigenvalue weighted by Gasteiger charge is -2.35. The van der Waals surface area contributed by atoms with Gasteiger partial charge in [-0.3, -0.25) is 10.1 Å².